The summed E-state index contributed by atoms with van der Waals surface area (Å²) in [7, 11) is 0. The molecule has 0 saturated carbocycles. The number of carboxylic acids is 1. The highest BCUT2D eigenvalue weighted by atomic mass is 19.4. The van der Waals surface area contributed by atoms with Gasteiger partial charge in [-0.1, -0.05) is 18.2 Å². The number of rotatable bonds is 5. The van der Waals surface area contributed by atoms with Gasteiger partial charge in [-0.25, -0.2) is 4.79 Å². The van der Waals surface area contributed by atoms with Crippen LogP contribution in [0.15, 0.2) is 60.7 Å². The summed E-state index contributed by atoms with van der Waals surface area (Å²) in [5.41, 5.74) is -1.20. The van der Waals surface area contributed by atoms with Gasteiger partial charge in [0.25, 0.3) is 5.91 Å². The molecule has 2 aromatic carbocycles. The SMILES string of the molecule is O=C(O)/C=C\C(=O)Nc1cccc(C(=O)Nc2ccccc2C(F)(F)F)c1. The van der Waals surface area contributed by atoms with Gasteiger partial charge in [-0.05, 0) is 30.3 Å². The Balaban J connectivity index is 2.17. The van der Waals surface area contributed by atoms with Crippen molar-refractivity contribution in [2.24, 2.45) is 0 Å². The zero-order valence-electron chi connectivity index (χ0n) is 13.6. The first-order chi connectivity index (χ1) is 12.7. The molecule has 0 atom stereocenters. The quantitative estimate of drug-likeness (QED) is 0.694. The van der Waals surface area contributed by atoms with Crippen molar-refractivity contribution in [3.8, 4) is 0 Å². The van der Waals surface area contributed by atoms with E-state index >= 15 is 0 Å². The maximum Gasteiger partial charge on any atom is 0.418 e. The van der Waals surface area contributed by atoms with Gasteiger partial charge in [0.2, 0.25) is 5.91 Å². The van der Waals surface area contributed by atoms with E-state index in [9.17, 15) is 27.6 Å². The predicted octanol–water partition coefficient (Wildman–Crippen LogP) is 3.54. The number of anilines is 2. The molecule has 140 valence electrons. The molecule has 2 aromatic rings. The molecule has 0 aliphatic heterocycles. The minimum absolute atomic E-state index is 0.00647. The van der Waals surface area contributed by atoms with Gasteiger partial charge < -0.3 is 15.7 Å². The minimum atomic E-state index is -4.63. The lowest BCUT2D eigenvalue weighted by molar-refractivity contribution is -0.137. The third-order valence-corrected chi connectivity index (χ3v) is 3.25. The molecule has 0 unspecified atom stereocenters. The zero-order valence-corrected chi connectivity index (χ0v) is 13.6. The summed E-state index contributed by atoms with van der Waals surface area (Å²) in [4.78, 5) is 34.2. The average Bonchev–Trinajstić information content (AvgIpc) is 2.59. The van der Waals surface area contributed by atoms with Crippen LogP contribution in [-0.4, -0.2) is 22.9 Å². The molecule has 0 fully saturated rings. The van der Waals surface area contributed by atoms with Crippen molar-refractivity contribution in [2.75, 3.05) is 10.6 Å². The van der Waals surface area contributed by atoms with Crippen LogP contribution in [0.3, 0.4) is 0 Å². The van der Waals surface area contributed by atoms with Crippen molar-refractivity contribution in [3.05, 3.63) is 71.8 Å². The lowest BCUT2D eigenvalue weighted by Gasteiger charge is -2.13. The Hall–Kier alpha value is -3.62. The van der Waals surface area contributed by atoms with Gasteiger partial charge in [0.15, 0.2) is 0 Å². The van der Waals surface area contributed by atoms with Crippen LogP contribution in [0.1, 0.15) is 15.9 Å². The highest BCUT2D eigenvalue weighted by Gasteiger charge is 2.33. The first kappa shape index (κ1) is 19.7. The first-order valence-electron chi connectivity index (χ1n) is 7.46. The number of para-hydroxylation sites is 1. The Bertz CT molecular complexity index is 907. The normalized spacial score (nSPS) is 11.2. The second kappa shape index (κ2) is 8.17. The Kier molecular flexibility index (Phi) is 5.96. The van der Waals surface area contributed by atoms with Crippen LogP contribution in [0, 0.1) is 0 Å². The maximum atomic E-state index is 13.0. The van der Waals surface area contributed by atoms with Crippen molar-refractivity contribution in [3.63, 3.8) is 0 Å². The highest BCUT2D eigenvalue weighted by Crippen LogP contribution is 2.34. The number of carbonyl (C=O) groups excluding carboxylic acids is 2. The van der Waals surface area contributed by atoms with E-state index in [1.165, 1.54) is 36.4 Å². The van der Waals surface area contributed by atoms with Gasteiger partial charge in [-0.3, -0.25) is 9.59 Å². The molecule has 0 heterocycles. The van der Waals surface area contributed by atoms with Crippen LogP contribution >= 0.6 is 0 Å². The average molecular weight is 378 g/mol. The van der Waals surface area contributed by atoms with Gasteiger partial charge >= 0.3 is 12.1 Å². The number of nitrogens with one attached hydrogen (secondary N) is 2. The molecule has 6 nitrogen and oxygen atoms in total. The summed E-state index contributed by atoms with van der Waals surface area (Å²) in [6.07, 6.45) is -3.20. The van der Waals surface area contributed by atoms with E-state index in [1.807, 2.05) is 0 Å². The molecule has 0 aliphatic rings. The molecule has 9 heteroatoms. The summed E-state index contributed by atoms with van der Waals surface area (Å²) in [5.74, 6) is -2.84. The molecule has 0 aliphatic carbocycles. The van der Waals surface area contributed by atoms with E-state index < -0.39 is 35.2 Å². The van der Waals surface area contributed by atoms with Crippen LogP contribution in [0.25, 0.3) is 0 Å². The fraction of sp³-hybridized carbons (Fsp3) is 0.0556. The van der Waals surface area contributed by atoms with E-state index in [0.29, 0.717) is 6.08 Å². The lowest BCUT2D eigenvalue weighted by atomic mass is 10.1. The number of alkyl halides is 3. The molecule has 0 aromatic heterocycles. The van der Waals surface area contributed by atoms with Crippen LogP contribution in [0.5, 0.6) is 0 Å². The Morgan fingerprint density at radius 2 is 1.63 bits per heavy atom. The van der Waals surface area contributed by atoms with E-state index in [2.05, 4.69) is 10.6 Å². The van der Waals surface area contributed by atoms with Crippen molar-refractivity contribution in [1.29, 1.82) is 0 Å². The highest BCUT2D eigenvalue weighted by molar-refractivity contribution is 6.06. The van der Waals surface area contributed by atoms with Gasteiger partial charge in [0.05, 0.1) is 11.3 Å². The van der Waals surface area contributed by atoms with E-state index in [4.69, 9.17) is 5.11 Å². The summed E-state index contributed by atoms with van der Waals surface area (Å²) < 4.78 is 39.0. The molecule has 2 amide bonds. The molecule has 0 bridgehead atoms. The third kappa shape index (κ3) is 5.70. The molecule has 0 saturated heterocycles. The van der Waals surface area contributed by atoms with Crippen molar-refractivity contribution < 1.29 is 32.7 Å². The fourth-order valence-corrected chi connectivity index (χ4v) is 2.10. The third-order valence-electron chi connectivity index (χ3n) is 3.25. The van der Waals surface area contributed by atoms with Crippen molar-refractivity contribution in [2.45, 2.75) is 6.18 Å². The van der Waals surface area contributed by atoms with Crippen LogP contribution in [-0.2, 0) is 15.8 Å². The predicted molar refractivity (Wildman–Crippen MR) is 91.2 cm³/mol. The second-order valence-electron chi connectivity index (χ2n) is 5.24. The monoisotopic (exact) mass is 378 g/mol. The summed E-state index contributed by atoms with van der Waals surface area (Å²) in [6, 6.07) is 10.0. The Labute approximate surface area is 151 Å². The number of benzene rings is 2. The number of hydrogen-bond acceptors (Lipinski definition) is 3. The zero-order chi connectivity index (χ0) is 20.0. The Morgan fingerprint density at radius 3 is 2.30 bits per heavy atom. The molecule has 2 rings (SSSR count). The van der Waals surface area contributed by atoms with Crippen LogP contribution < -0.4 is 10.6 Å². The number of aliphatic carboxylic acids is 1. The second-order valence-corrected chi connectivity index (χ2v) is 5.24. The van der Waals surface area contributed by atoms with E-state index in [0.717, 1.165) is 18.2 Å². The molecule has 27 heavy (non-hydrogen) atoms. The largest absolute Gasteiger partial charge is 0.478 e. The number of carboxylic acid groups (broad SMARTS) is 1. The van der Waals surface area contributed by atoms with E-state index in [1.54, 1.807) is 0 Å². The van der Waals surface area contributed by atoms with Gasteiger partial charge in [-0.2, -0.15) is 13.2 Å². The Morgan fingerprint density at radius 1 is 0.926 bits per heavy atom. The molecule has 0 radical (unpaired) electrons. The molecular weight excluding hydrogens is 365 g/mol. The molecule has 0 spiro atoms. The van der Waals surface area contributed by atoms with Gasteiger partial charge in [0.1, 0.15) is 0 Å². The van der Waals surface area contributed by atoms with Gasteiger partial charge in [-0.15, -0.1) is 0 Å². The molecule has 3 N–H and O–H groups in total. The number of amides is 2. The topological polar surface area (TPSA) is 95.5 Å². The van der Waals surface area contributed by atoms with Gasteiger partial charge in [0, 0.05) is 23.4 Å². The number of carbonyl (C=O) groups is 3. The summed E-state index contributed by atoms with van der Waals surface area (Å²) >= 11 is 0. The first-order valence-corrected chi connectivity index (χ1v) is 7.46. The molecular formula is C18H13F3N2O4. The standard InChI is InChI=1S/C18H13F3N2O4/c19-18(20,21)13-6-1-2-7-14(13)23-17(27)11-4-3-5-12(10-11)22-15(24)8-9-16(25)26/h1-10H,(H,22,24)(H,23,27)(H,25,26)/b9-8-. The lowest BCUT2D eigenvalue weighted by Crippen LogP contribution is -2.17. The minimum Gasteiger partial charge on any atom is -0.478 e. The smallest absolute Gasteiger partial charge is 0.418 e. The van der Waals surface area contributed by atoms with Crippen molar-refractivity contribution in [1.82, 2.24) is 0 Å². The van der Waals surface area contributed by atoms with Crippen molar-refractivity contribution >= 4 is 29.2 Å². The van der Waals surface area contributed by atoms with Crippen LogP contribution in [0.2, 0.25) is 0 Å². The number of hydrogen-bond donors (Lipinski definition) is 3. The van der Waals surface area contributed by atoms with Crippen LogP contribution in [0.4, 0.5) is 24.5 Å². The summed E-state index contributed by atoms with van der Waals surface area (Å²) in [6.45, 7) is 0. The number of halogens is 3. The maximum absolute atomic E-state index is 13.0. The fourth-order valence-electron chi connectivity index (χ4n) is 2.10. The summed E-state index contributed by atoms with van der Waals surface area (Å²) in [5, 5.41) is 13.0. The van der Waals surface area contributed by atoms with E-state index in [-0.39, 0.29) is 11.3 Å².